The first kappa shape index (κ1) is 14.3. The normalized spacial score (nSPS) is 26.5. The molecule has 0 saturated heterocycles. The van der Waals surface area contributed by atoms with E-state index in [4.69, 9.17) is 5.84 Å². The van der Waals surface area contributed by atoms with E-state index in [-0.39, 0.29) is 0 Å². The van der Waals surface area contributed by atoms with Crippen molar-refractivity contribution in [3.8, 4) is 0 Å². The summed E-state index contributed by atoms with van der Waals surface area (Å²) in [4.78, 5) is 0. The van der Waals surface area contributed by atoms with Crippen molar-refractivity contribution >= 4 is 0 Å². The van der Waals surface area contributed by atoms with Crippen LogP contribution in [0.15, 0.2) is 0 Å². The van der Waals surface area contributed by atoms with Gasteiger partial charge in [0.2, 0.25) is 0 Å². The molecule has 0 aromatic rings. The molecule has 1 atom stereocenters. The Balaban J connectivity index is 1.82. The molecule has 0 bridgehead atoms. The lowest BCUT2D eigenvalue weighted by atomic mass is 9.83. The van der Waals surface area contributed by atoms with Crippen LogP contribution in [0.5, 0.6) is 0 Å². The van der Waals surface area contributed by atoms with E-state index in [2.05, 4.69) is 5.43 Å². The Kier molecular flexibility index (Phi) is 6.50. The average molecular weight is 252 g/mol. The topological polar surface area (TPSA) is 38.0 Å². The summed E-state index contributed by atoms with van der Waals surface area (Å²) in [5, 5.41) is 0. The van der Waals surface area contributed by atoms with Gasteiger partial charge in [0.25, 0.3) is 0 Å². The Morgan fingerprint density at radius 3 is 1.78 bits per heavy atom. The van der Waals surface area contributed by atoms with Gasteiger partial charge in [-0.05, 0) is 31.1 Å². The first-order valence-corrected chi connectivity index (χ1v) is 8.36. The minimum absolute atomic E-state index is 0.589. The summed E-state index contributed by atoms with van der Waals surface area (Å²) in [5.41, 5.74) is 3.17. The van der Waals surface area contributed by atoms with E-state index in [1.165, 1.54) is 83.5 Å². The standard InChI is InChI=1S/C16H32N2/c17-18-16(15-11-7-3-4-8-12-15)13-14-9-5-1-2-6-10-14/h14-16,18H,1-13,17H2. The van der Waals surface area contributed by atoms with Crippen LogP contribution in [0.4, 0.5) is 0 Å². The van der Waals surface area contributed by atoms with Crippen molar-refractivity contribution in [1.82, 2.24) is 5.43 Å². The SMILES string of the molecule is NNC(CC1CCCCCC1)C1CCCCCC1. The van der Waals surface area contributed by atoms with Gasteiger partial charge in [0.15, 0.2) is 0 Å². The smallest absolute Gasteiger partial charge is 0.0241 e. The minimum Gasteiger partial charge on any atom is -0.271 e. The molecule has 2 saturated carbocycles. The molecule has 0 aromatic carbocycles. The second kappa shape index (κ2) is 8.16. The second-order valence-electron chi connectivity index (χ2n) is 6.62. The van der Waals surface area contributed by atoms with Crippen LogP contribution in [0.25, 0.3) is 0 Å². The third kappa shape index (κ3) is 4.55. The van der Waals surface area contributed by atoms with Crippen LogP contribution in [0, 0.1) is 11.8 Å². The highest BCUT2D eigenvalue weighted by atomic mass is 15.2. The molecule has 2 nitrogen and oxygen atoms in total. The monoisotopic (exact) mass is 252 g/mol. The number of hydrazine groups is 1. The zero-order chi connectivity index (χ0) is 12.6. The number of hydrogen-bond donors (Lipinski definition) is 2. The lowest BCUT2D eigenvalue weighted by molar-refractivity contribution is 0.258. The van der Waals surface area contributed by atoms with Crippen molar-refractivity contribution in [3.63, 3.8) is 0 Å². The van der Waals surface area contributed by atoms with Gasteiger partial charge in [-0.3, -0.25) is 11.3 Å². The molecule has 0 aromatic heterocycles. The molecule has 0 heterocycles. The maximum atomic E-state index is 5.86. The summed E-state index contributed by atoms with van der Waals surface area (Å²) in [6, 6.07) is 0.589. The molecule has 0 radical (unpaired) electrons. The zero-order valence-electron chi connectivity index (χ0n) is 12.0. The first-order valence-electron chi connectivity index (χ1n) is 8.36. The lowest BCUT2D eigenvalue weighted by Crippen LogP contribution is -2.42. The van der Waals surface area contributed by atoms with Crippen LogP contribution in [0.1, 0.15) is 83.5 Å². The van der Waals surface area contributed by atoms with Gasteiger partial charge in [0, 0.05) is 6.04 Å². The Hall–Kier alpha value is -0.0800. The molecule has 1 unspecified atom stereocenters. The molecule has 106 valence electrons. The van der Waals surface area contributed by atoms with E-state index in [1.807, 2.05) is 0 Å². The van der Waals surface area contributed by atoms with Crippen molar-refractivity contribution in [2.45, 2.75) is 89.5 Å². The largest absolute Gasteiger partial charge is 0.271 e. The quantitative estimate of drug-likeness (QED) is 0.448. The molecule has 2 rings (SSSR count). The van der Waals surface area contributed by atoms with Crippen molar-refractivity contribution in [2.24, 2.45) is 17.7 Å². The fourth-order valence-corrected chi connectivity index (χ4v) is 4.07. The number of nitrogens with one attached hydrogen (secondary N) is 1. The third-order valence-electron chi connectivity index (χ3n) is 5.24. The van der Waals surface area contributed by atoms with Gasteiger partial charge in [-0.25, -0.2) is 0 Å². The maximum absolute atomic E-state index is 5.86. The molecule has 2 heteroatoms. The molecular weight excluding hydrogens is 220 g/mol. The summed E-state index contributed by atoms with van der Waals surface area (Å²) >= 11 is 0. The van der Waals surface area contributed by atoms with Gasteiger partial charge >= 0.3 is 0 Å². The summed E-state index contributed by atoms with van der Waals surface area (Å²) in [6.07, 6.45) is 18.6. The molecule has 0 amide bonds. The van der Waals surface area contributed by atoms with Crippen LogP contribution >= 0.6 is 0 Å². The van der Waals surface area contributed by atoms with Crippen molar-refractivity contribution in [2.75, 3.05) is 0 Å². The van der Waals surface area contributed by atoms with Crippen molar-refractivity contribution in [1.29, 1.82) is 0 Å². The van der Waals surface area contributed by atoms with E-state index in [0.29, 0.717) is 6.04 Å². The van der Waals surface area contributed by atoms with Gasteiger partial charge in [-0.15, -0.1) is 0 Å². The molecule has 2 aliphatic carbocycles. The minimum atomic E-state index is 0.589. The van der Waals surface area contributed by atoms with Crippen LogP contribution in [-0.4, -0.2) is 6.04 Å². The molecule has 18 heavy (non-hydrogen) atoms. The highest BCUT2D eigenvalue weighted by Crippen LogP contribution is 2.32. The Morgan fingerprint density at radius 2 is 1.28 bits per heavy atom. The zero-order valence-corrected chi connectivity index (χ0v) is 12.0. The van der Waals surface area contributed by atoms with E-state index >= 15 is 0 Å². The second-order valence-corrected chi connectivity index (χ2v) is 6.62. The fraction of sp³-hybridized carbons (Fsp3) is 1.00. The Bertz CT molecular complexity index is 201. The van der Waals surface area contributed by atoms with Crippen molar-refractivity contribution in [3.05, 3.63) is 0 Å². The molecule has 3 N–H and O–H groups in total. The predicted octanol–water partition coefficient (Wildman–Crippen LogP) is 4.15. The molecule has 2 fully saturated rings. The van der Waals surface area contributed by atoms with E-state index in [9.17, 15) is 0 Å². The first-order chi connectivity index (χ1) is 8.90. The van der Waals surface area contributed by atoms with Crippen LogP contribution < -0.4 is 11.3 Å². The number of nitrogens with two attached hydrogens (primary N) is 1. The third-order valence-corrected chi connectivity index (χ3v) is 5.24. The summed E-state index contributed by atoms with van der Waals surface area (Å²) < 4.78 is 0. The molecule has 2 aliphatic rings. The van der Waals surface area contributed by atoms with E-state index in [0.717, 1.165) is 11.8 Å². The molecular formula is C16H32N2. The van der Waals surface area contributed by atoms with Gasteiger partial charge in [0.1, 0.15) is 0 Å². The highest BCUT2D eigenvalue weighted by Gasteiger charge is 2.25. The van der Waals surface area contributed by atoms with Gasteiger partial charge in [-0.1, -0.05) is 64.2 Å². The molecule has 0 aliphatic heterocycles. The molecule has 0 spiro atoms. The Labute approximate surface area is 113 Å². The lowest BCUT2D eigenvalue weighted by Gasteiger charge is -2.29. The summed E-state index contributed by atoms with van der Waals surface area (Å²) in [7, 11) is 0. The van der Waals surface area contributed by atoms with Crippen molar-refractivity contribution < 1.29 is 0 Å². The van der Waals surface area contributed by atoms with Gasteiger partial charge in [0.05, 0.1) is 0 Å². The number of rotatable bonds is 4. The van der Waals surface area contributed by atoms with Gasteiger partial charge < -0.3 is 0 Å². The maximum Gasteiger partial charge on any atom is 0.0241 e. The van der Waals surface area contributed by atoms with Crippen LogP contribution in [0.3, 0.4) is 0 Å². The predicted molar refractivity (Wildman–Crippen MR) is 78.1 cm³/mol. The van der Waals surface area contributed by atoms with Crippen LogP contribution in [-0.2, 0) is 0 Å². The van der Waals surface area contributed by atoms with Gasteiger partial charge in [-0.2, -0.15) is 0 Å². The number of hydrogen-bond acceptors (Lipinski definition) is 2. The summed E-state index contributed by atoms with van der Waals surface area (Å²) in [5.74, 6) is 7.65. The average Bonchev–Trinajstić information content (AvgIpc) is 2.80. The fourth-order valence-electron chi connectivity index (χ4n) is 4.07. The van der Waals surface area contributed by atoms with E-state index < -0.39 is 0 Å². The van der Waals surface area contributed by atoms with Crippen LogP contribution in [0.2, 0.25) is 0 Å². The Morgan fingerprint density at radius 1 is 0.778 bits per heavy atom. The highest BCUT2D eigenvalue weighted by molar-refractivity contribution is 4.80. The van der Waals surface area contributed by atoms with E-state index in [1.54, 1.807) is 0 Å². The summed E-state index contributed by atoms with van der Waals surface area (Å²) in [6.45, 7) is 0.